The van der Waals surface area contributed by atoms with Crippen LogP contribution in [0.3, 0.4) is 0 Å². The molecule has 6 nitrogen and oxygen atoms in total. The fraction of sp³-hybridized carbons (Fsp3) is 0.375. The van der Waals surface area contributed by atoms with Crippen LogP contribution in [-0.4, -0.2) is 41.8 Å². The molecule has 0 amide bonds. The zero-order valence-corrected chi connectivity index (χ0v) is 14.0. The van der Waals surface area contributed by atoms with Crippen molar-refractivity contribution in [1.82, 2.24) is 20.2 Å². The molecule has 0 unspecified atom stereocenters. The maximum absolute atomic E-state index is 5.99. The molecule has 0 saturated heterocycles. The Morgan fingerprint density at radius 2 is 2.13 bits per heavy atom. The van der Waals surface area contributed by atoms with E-state index in [1.165, 1.54) is 0 Å². The molecule has 2 N–H and O–H groups in total. The average molecular weight is 336 g/mol. The summed E-state index contributed by atoms with van der Waals surface area (Å²) in [5.41, 5.74) is 0. The number of ether oxygens (including phenoxy) is 1. The van der Waals surface area contributed by atoms with Crippen molar-refractivity contribution in [2.75, 3.05) is 26.2 Å². The van der Waals surface area contributed by atoms with Crippen molar-refractivity contribution in [1.29, 1.82) is 0 Å². The summed E-state index contributed by atoms with van der Waals surface area (Å²) in [6.45, 7) is 5.47. The summed E-state index contributed by atoms with van der Waals surface area (Å²) >= 11 is 5.99. The molecule has 0 aliphatic carbocycles. The van der Waals surface area contributed by atoms with Crippen molar-refractivity contribution in [3.8, 4) is 5.88 Å². The number of aromatic nitrogens is 2. The van der Waals surface area contributed by atoms with Crippen molar-refractivity contribution in [3.63, 3.8) is 0 Å². The van der Waals surface area contributed by atoms with Crippen molar-refractivity contribution in [3.05, 3.63) is 47.9 Å². The molecule has 0 saturated carbocycles. The molecule has 2 aromatic heterocycles. The van der Waals surface area contributed by atoms with Crippen LogP contribution < -0.4 is 15.4 Å². The Kier molecular flexibility index (Phi) is 7.26. The van der Waals surface area contributed by atoms with E-state index in [2.05, 4.69) is 25.2 Å². The minimum atomic E-state index is 0.450. The first-order valence-electron chi connectivity index (χ1n) is 7.66. The molecule has 2 heterocycles. The second-order valence-corrected chi connectivity index (χ2v) is 5.15. The van der Waals surface area contributed by atoms with Gasteiger partial charge in [0.2, 0.25) is 5.88 Å². The van der Waals surface area contributed by atoms with Crippen LogP contribution in [0.5, 0.6) is 5.88 Å². The van der Waals surface area contributed by atoms with E-state index in [1.54, 1.807) is 18.3 Å². The number of pyridine rings is 1. The summed E-state index contributed by atoms with van der Waals surface area (Å²) in [4.78, 5) is 8.61. The van der Waals surface area contributed by atoms with Gasteiger partial charge in [0.05, 0.1) is 13.1 Å². The monoisotopic (exact) mass is 335 g/mol. The number of nitrogens with zero attached hydrogens (tertiary/aromatic N) is 3. The van der Waals surface area contributed by atoms with E-state index in [9.17, 15) is 0 Å². The van der Waals surface area contributed by atoms with E-state index < -0.39 is 0 Å². The van der Waals surface area contributed by atoms with Gasteiger partial charge in [-0.3, -0.25) is 4.99 Å². The Morgan fingerprint density at radius 1 is 1.30 bits per heavy atom. The number of hydrogen-bond acceptors (Lipinski definition) is 3. The minimum absolute atomic E-state index is 0.450. The summed E-state index contributed by atoms with van der Waals surface area (Å²) in [7, 11) is 0. The molecule has 23 heavy (non-hydrogen) atoms. The highest BCUT2D eigenvalue weighted by Gasteiger charge is 2.02. The molecule has 0 radical (unpaired) electrons. The fourth-order valence-corrected chi connectivity index (χ4v) is 2.11. The Hall–Kier alpha value is -2.21. The van der Waals surface area contributed by atoms with Crippen LogP contribution in [0.25, 0.3) is 0 Å². The van der Waals surface area contributed by atoms with Gasteiger partial charge >= 0.3 is 0 Å². The van der Waals surface area contributed by atoms with Gasteiger partial charge in [-0.25, -0.2) is 4.98 Å². The largest absolute Gasteiger partial charge is 0.475 e. The van der Waals surface area contributed by atoms with Gasteiger partial charge in [-0.05, 0) is 31.2 Å². The number of nitrogens with one attached hydrogen (secondary N) is 2. The Balaban J connectivity index is 1.72. The van der Waals surface area contributed by atoms with E-state index in [0.717, 1.165) is 19.0 Å². The van der Waals surface area contributed by atoms with Gasteiger partial charge < -0.3 is 19.9 Å². The van der Waals surface area contributed by atoms with Crippen molar-refractivity contribution in [2.24, 2.45) is 4.99 Å². The summed E-state index contributed by atoms with van der Waals surface area (Å²) in [5, 5.41) is 6.94. The van der Waals surface area contributed by atoms with Crippen LogP contribution in [0.4, 0.5) is 0 Å². The van der Waals surface area contributed by atoms with Gasteiger partial charge in [0.15, 0.2) is 5.96 Å². The Labute approximate surface area is 141 Å². The van der Waals surface area contributed by atoms with Gasteiger partial charge in [0, 0.05) is 31.7 Å². The molecular weight excluding hydrogens is 314 g/mol. The smallest absolute Gasteiger partial charge is 0.232 e. The zero-order valence-electron chi connectivity index (χ0n) is 13.2. The minimum Gasteiger partial charge on any atom is -0.475 e. The second-order valence-electron chi connectivity index (χ2n) is 4.75. The first kappa shape index (κ1) is 17.1. The van der Waals surface area contributed by atoms with Crippen LogP contribution in [-0.2, 0) is 6.54 Å². The van der Waals surface area contributed by atoms with Crippen LogP contribution in [0.15, 0.2) is 47.8 Å². The normalized spacial score (nSPS) is 11.3. The quantitative estimate of drug-likeness (QED) is 0.441. The Morgan fingerprint density at radius 3 is 2.87 bits per heavy atom. The number of aliphatic imine (C=N–C) groups is 1. The highest BCUT2D eigenvalue weighted by Crippen LogP contribution is 2.19. The van der Waals surface area contributed by atoms with Crippen LogP contribution in [0, 0.1) is 0 Å². The summed E-state index contributed by atoms with van der Waals surface area (Å²) in [6, 6.07) is 7.54. The lowest BCUT2D eigenvalue weighted by molar-refractivity contribution is 0.310. The number of rotatable bonds is 8. The molecular formula is C16H22ClN5O. The molecule has 2 aromatic rings. The van der Waals surface area contributed by atoms with Crippen LogP contribution in [0.2, 0.25) is 5.02 Å². The zero-order chi connectivity index (χ0) is 16.3. The maximum Gasteiger partial charge on any atom is 0.232 e. The molecule has 0 spiro atoms. The van der Waals surface area contributed by atoms with Crippen LogP contribution >= 0.6 is 11.6 Å². The molecule has 0 fully saturated rings. The van der Waals surface area contributed by atoms with Crippen molar-refractivity contribution in [2.45, 2.75) is 13.5 Å². The predicted molar refractivity (Wildman–Crippen MR) is 93.2 cm³/mol. The summed E-state index contributed by atoms with van der Waals surface area (Å²) in [5.74, 6) is 1.22. The number of hydrogen-bond donors (Lipinski definition) is 2. The maximum atomic E-state index is 5.99. The molecule has 0 aliphatic heterocycles. The standard InChI is InChI=1S/C16H22ClN5O/c1-2-18-16(20-8-12-22-10-3-4-11-22)21-9-13-23-15-14(17)6-5-7-19-15/h3-7,10-11H,2,8-9,12-13H2,1H3,(H2,18,20,21). The third-order valence-corrected chi connectivity index (χ3v) is 3.28. The summed E-state index contributed by atoms with van der Waals surface area (Å²) < 4.78 is 7.63. The summed E-state index contributed by atoms with van der Waals surface area (Å²) in [6.07, 6.45) is 5.71. The van der Waals surface area contributed by atoms with Crippen molar-refractivity contribution >= 4 is 17.6 Å². The lowest BCUT2D eigenvalue weighted by atomic mass is 10.5. The fourth-order valence-electron chi connectivity index (χ4n) is 1.93. The molecule has 124 valence electrons. The molecule has 0 bridgehead atoms. The number of halogens is 1. The highest BCUT2D eigenvalue weighted by atomic mass is 35.5. The van der Waals surface area contributed by atoms with Gasteiger partial charge in [0.25, 0.3) is 0 Å². The van der Waals surface area contributed by atoms with E-state index in [4.69, 9.17) is 16.3 Å². The van der Waals surface area contributed by atoms with E-state index in [-0.39, 0.29) is 0 Å². The highest BCUT2D eigenvalue weighted by molar-refractivity contribution is 6.31. The topological polar surface area (TPSA) is 63.5 Å². The van der Waals surface area contributed by atoms with E-state index in [1.807, 2.05) is 31.5 Å². The SMILES string of the molecule is CCNC(=NCCn1cccc1)NCCOc1ncccc1Cl. The first-order chi connectivity index (χ1) is 11.3. The lowest BCUT2D eigenvalue weighted by Crippen LogP contribution is -2.39. The van der Waals surface area contributed by atoms with E-state index in [0.29, 0.717) is 30.6 Å². The van der Waals surface area contributed by atoms with E-state index >= 15 is 0 Å². The van der Waals surface area contributed by atoms with Crippen molar-refractivity contribution < 1.29 is 4.74 Å². The first-order valence-corrected chi connectivity index (χ1v) is 8.03. The van der Waals surface area contributed by atoms with Gasteiger partial charge in [-0.2, -0.15) is 0 Å². The average Bonchev–Trinajstić information content (AvgIpc) is 3.06. The lowest BCUT2D eigenvalue weighted by Gasteiger charge is -2.12. The third-order valence-electron chi connectivity index (χ3n) is 3.00. The van der Waals surface area contributed by atoms with Gasteiger partial charge in [0.1, 0.15) is 11.6 Å². The van der Waals surface area contributed by atoms with Gasteiger partial charge in [-0.15, -0.1) is 0 Å². The molecule has 0 atom stereocenters. The molecule has 7 heteroatoms. The predicted octanol–water partition coefficient (Wildman–Crippen LogP) is 2.17. The second kappa shape index (κ2) is 9.74. The Bertz CT molecular complexity index is 600. The molecule has 0 aromatic carbocycles. The van der Waals surface area contributed by atoms with Crippen LogP contribution in [0.1, 0.15) is 6.92 Å². The number of guanidine groups is 1. The van der Waals surface area contributed by atoms with Gasteiger partial charge in [-0.1, -0.05) is 11.6 Å². The third kappa shape index (κ3) is 6.20. The molecule has 2 rings (SSSR count). The molecule has 0 aliphatic rings.